The third-order valence-electron chi connectivity index (χ3n) is 2.20. The van der Waals surface area contributed by atoms with Crippen LogP contribution in [0.2, 0.25) is 0 Å². The van der Waals surface area contributed by atoms with Gasteiger partial charge >= 0.3 is 0 Å². The van der Waals surface area contributed by atoms with Gasteiger partial charge in [0.25, 0.3) is 5.91 Å². The second-order valence-electron chi connectivity index (χ2n) is 3.42. The molecule has 0 aliphatic carbocycles. The first-order valence-electron chi connectivity index (χ1n) is 5.20. The SMILES string of the molecule is COCCN(CCC(N)=NO)C(=O)c1csnn1. The van der Waals surface area contributed by atoms with Crippen LogP contribution in [0.25, 0.3) is 0 Å². The summed E-state index contributed by atoms with van der Waals surface area (Å²) in [4.78, 5) is 13.6. The number of oxime groups is 1. The van der Waals surface area contributed by atoms with E-state index in [1.54, 1.807) is 12.5 Å². The van der Waals surface area contributed by atoms with E-state index >= 15 is 0 Å². The van der Waals surface area contributed by atoms with Crippen LogP contribution in [0.3, 0.4) is 0 Å². The normalized spacial score (nSPS) is 11.5. The molecule has 0 aliphatic heterocycles. The third-order valence-corrected chi connectivity index (χ3v) is 2.70. The van der Waals surface area contributed by atoms with E-state index in [1.807, 2.05) is 0 Å². The highest BCUT2D eigenvalue weighted by molar-refractivity contribution is 7.03. The fourth-order valence-corrected chi connectivity index (χ4v) is 1.67. The van der Waals surface area contributed by atoms with E-state index in [2.05, 4.69) is 14.7 Å². The van der Waals surface area contributed by atoms with Gasteiger partial charge in [0.1, 0.15) is 5.84 Å². The van der Waals surface area contributed by atoms with Gasteiger partial charge in [-0.15, -0.1) is 5.10 Å². The summed E-state index contributed by atoms with van der Waals surface area (Å²) in [5, 5.41) is 16.6. The molecule has 1 aromatic rings. The summed E-state index contributed by atoms with van der Waals surface area (Å²) in [5.74, 6) is -0.173. The van der Waals surface area contributed by atoms with E-state index in [-0.39, 0.29) is 23.9 Å². The molecule has 0 atom stereocenters. The lowest BCUT2D eigenvalue weighted by atomic mass is 10.3. The lowest BCUT2D eigenvalue weighted by Crippen LogP contribution is -2.36. The summed E-state index contributed by atoms with van der Waals surface area (Å²) < 4.78 is 8.58. The van der Waals surface area contributed by atoms with E-state index in [0.717, 1.165) is 11.5 Å². The Hall–Kier alpha value is -1.74. The number of carbonyl (C=O) groups is 1. The first-order chi connectivity index (χ1) is 8.69. The number of hydrogen-bond donors (Lipinski definition) is 2. The Labute approximate surface area is 108 Å². The second-order valence-corrected chi connectivity index (χ2v) is 4.03. The lowest BCUT2D eigenvalue weighted by Gasteiger charge is -2.20. The molecule has 3 N–H and O–H groups in total. The summed E-state index contributed by atoms with van der Waals surface area (Å²) in [6, 6.07) is 0. The van der Waals surface area contributed by atoms with Gasteiger partial charge in [-0.25, -0.2) is 0 Å². The van der Waals surface area contributed by atoms with Gasteiger partial charge < -0.3 is 20.6 Å². The number of ether oxygens (including phenoxy) is 1. The summed E-state index contributed by atoms with van der Waals surface area (Å²) >= 11 is 1.11. The van der Waals surface area contributed by atoms with Crippen molar-refractivity contribution in [3.63, 3.8) is 0 Å². The van der Waals surface area contributed by atoms with Crippen molar-refractivity contribution in [3.05, 3.63) is 11.1 Å². The fraction of sp³-hybridized carbons (Fsp3) is 0.556. The van der Waals surface area contributed by atoms with Crippen LogP contribution in [-0.4, -0.2) is 58.2 Å². The number of nitrogens with zero attached hydrogens (tertiary/aromatic N) is 4. The van der Waals surface area contributed by atoms with Crippen molar-refractivity contribution in [1.29, 1.82) is 0 Å². The summed E-state index contributed by atoms with van der Waals surface area (Å²) in [5.41, 5.74) is 5.66. The zero-order valence-electron chi connectivity index (χ0n) is 9.94. The zero-order chi connectivity index (χ0) is 13.4. The predicted octanol–water partition coefficient (Wildman–Crippen LogP) is -0.237. The number of carbonyl (C=O) groups excluding carboxylic acids is 1. The molecule has 0 fully saturated rings. The number of rotatable bonds is 7. The number of hydrogen-bond acceptors (Lipinski definition) is 7. The minimum atomic E-state index is -0.244. The molecule has 8 nitrogen and oxygen atoms in total. The highest BCUT2D eigenvalue weighted by Crippen LogP contribution is 2.04. The first-order valence-corrected chi connectivity index (χ1v) is 6.04. The number of amidine groups is 1. The maximum absolute atomic E-state index is 12.0. The predicted molar refractivity (Wildman–Crippen MR) is 65.7 cm³/mol. The van der Waals surface area contributed by atoms with Crippen molar-refractivity contribution in [3.8, 4) is 0 Å². The molecule has 1 amide bonds. The third kappa shape index (κ3) is 4.26. The number of amides is 1. The molecule has 1 rings (SSSR count). The van der Waals surface area contributed by atoms with Gasteiger partial charge in [0.15, 0.2) is 5.69 Å². The number of aromatic nitrogens is 2. The summed E-state index contributed by atoms with van der Waals surface area (Å²) in [6.45, 7) is 1.14. The topological polar surface area (TPSA) is 114 Å². The Morgan fingerprint density at radius 1 is 1.67 bits per heavy atom. The van der Waals surface area contributed by atoms with E-state index in [9.17, 15) is 4.79 Å². The van der Waals surface area contributed by atoms with Gasteiger partial charge in [0, 0.05) is 32.0 Å². The van der Waals surface area contributed by atoms with Crippen molar-refractivity contribution in [2.24, 2.45) is 10.9 Å². The van der Waals surface area contributed by atoms with Gasteiger partial charge in [0.05, 0.1) is 6.61 Å². The molecule has 0 saturated heterocycles. The van der Waals surface area contributed by atoms with Crippen LogP contribution in [0, 0.1) is 0 Å². The van der Waals surface area contributed by atoms with Gasteiger partial charge in [0.2, 0.25) is 0 Å². The molecular weight excluding hydrogens is 258 g/mol. The number of nitrogens with two attached hydrogens (primary N) is 1. The number of methoxy groups -OCH3 is 1. The van der Waals surface area contributed by atoms with Crippen LogP contribution in [0.5, 0.6) is 0 Å². The summed E-state index contributed by atoms with van der Waals surface area (Å²) in [6.07, 6.45) is 0.281. The van der Waals surface area contributed by atoms with Crippen molar-refractivity contribution < 1.29 is 14.7 Å². The van der Waals surface area contributed by atoms with Crippen LogP contribution in [-0.2, 0) is 4.74 Å². The fourth-order valence-electron chi connectivity index (χ4n) is 1.24. The van der Waals surface area contributed by atoms with Gasteiger partial charge in [-0.2, -0.15) is 0 Å². The second kappa shape index (κ2) is 7.56. The maximum atomic E-state index is 12.0. The van der Waals surface area contributed by atoms with Crippen molar-refractivity contribution in [2.45, 2.75) is 6.42 Å². The van der Waals surface area contributed by atoms with Crippen molar-refractivity contribution in [2.75, 3.05) is 26.8 Å². The molecule has 1 aromatic heterocycles. The molecular formula is C9H15N5O3S. The molecule has 9 heteroatoms. The van der Waals surface area contributed by atoms with Crippen LogP contribution < -0.4 is 5.73 Å². The summed E-state index contributed by atoms with van der Waals surface area (Å²) in [7, 11) is 1.55. The molecule has 0 saturated carbocycles. The van der Waals surface area contributed by atoms with E-state index in [1.165, 1.54) is 4.90 Å². The molecule has 0 spiro atoms. The Morgan fingerprint density at radius 2 is 2.44 bits per heavy atom. The standard InChI is InChI=1S/C9H15N5O3S/c1-17-5-4-14(3-2-8(10)12-16)9(15)7-6-18-13-11-7/h6,16H,2-5H2,1H3,(H2,10,12). The van der Waals surface area contributed by atoms with E-state index in [4.69, 9.17) is 15.7 Å². The van der Waals surface area contributed by atoms with E-state index in [0.29, 0.717) is 19.7 Å². The highest BCUT2D eigenvalue weighted by atomic mass is 32.1. The monoisotopic (exact) mass is 273 g/mol. The van der Waals surface area contributed by atoms with E-state index < -0.39 is 0 Å². The largest absolute Gasteiger partial charge is 0.409 e. The zero-order valence-corrected chi connectivity index (χ0v) is 10.8. The minimum absolute atomic E-state index is 0.0709. The van der Waals surface area contributed by atoms with Crippen LogP contribution in [0.4, 0.5) is 0 Å². The van der Waals surface area contributed by atoms with Gasteiger partial charge in [-0.1, -0.05) is 9.64 Å². The molecule has 0 aliphatic rings. The molecule has 18 heavy (non-hydrogen) atoms. The van der Waals surface area contributed by atoms with Crippen LogP contribution in [0.1, 0.15) is 16.9 Å². The molecule has 0 unspecified atom stereocenters. The van der Waals surface area contributed by atoms with Crippen LogP contribution in [0.15, 0.2) is 10.5 Å². The van der Waals surface area contributed by atoms with Gasteiger partial charge in [-0.05, 0) is 11.5 Å². The Bertz CT molecular complexity index is 395. The maximum Gasteiger partial charge on any atom is 0.275 e. The Balaban J connectivity index is 2.62. The van der Waals surface area contributed by atoms with Gasteiger partial charge in [-0.3, -0.25) is 4.79 Å². The minimum Gasteiger partial charge on any atom is -0.409 e. The smallest absolute Gasteiger partial charge is 0.275 e. The Kier molecular flexibility index (Phi) is 6.01. The van der Waals surface area contributed by atoms with Crippen molar-refractivity contribution in [1.82, 2.24) is 14.5 Å². The molecule has 0 bridgehead atoms. The molecule has 0 radical (unpaired) electrons. The highest BCUT2D eigenvalue weighted by Gasteiger charge is 2.18. The average molecular weight is 273 g/mol. The average Bonchev–Trinajstić information content (AvgIpc) is 2.91. The molecule has 100 valence electrons. The molecule has 0 aromatic carbocycles. The van der Waals surface area contributed by atoms with Crippen molar-refractivity contribution >= 4 is 23.3 Å². The quantitative estimate of drug-likeness (QED) is 0.307. The Morgan fingerprint density at radius 3 is 3.00 bits per heavy atom. The first kappa shape index (κ1) is 14.3. The van der Waals surface area contributed by atoms with Crippen LogP contribution >= 0.6 is 11.5 Å². The molecule has 1 heterocycles. The lowest BCUT2D eigenvalue weighted by molar-refractivity contribution is 0.0695.